The summed E-state index contributed by atoms with van der Waals surface area (Å²) in [5.41, 5.74) is 9.98. The highest BCUT2D eigenvalue weighted by Crippen LogP contribution is 2.46. The zero-order chi connectivity index (χ0) is 42.1. The minimum absolute atomic E-state index is 0.0132. The highest BCUT2D eigenvalue weighted by atomic mass is 32.2. The van der Waals surface area contributed by atoms with Crippen LogP contribution in [-0.4, -0.2) is 60.2 Å². The van der Waals surface area contributed by atoms with Crippen LogP contribution in [0.5, 0.6) is 5.75 Å². The van der Waals surface area contributed by atoms with Crippen LogP contribution >= 0.6 is 7.37 Å². The molecule has 0 saturated heterocycles. The van der Waals surface area contributed by atoms with Crippen LogP contribution < -0.4 is 21.1 Å². The molecule has 0 spiro atoms. The average molecular weight is 825 g/mol. The van der Waals surface area contributed by atoms with Crippen molar-refractivity contribution in [1.82, 2.24) is 15.4 Å². The molecule has 4 atom stereocenters. The van der Waals surface area contributed by atoms with Crippen molar-refractivity contribution in [1.29, 1.82) is 0 Å². The van der Waals surface area contributed by atoms with Crippen molar-refractivity contribution < 1.29 is 37.4 Å². The van der Waals surface area contributed by atoms with Gasteiger partial charge in [0.25, 0.3) is 0 Å². The maximum Gasteiger partial charge on any atom is 0.243 e. The Bertz CT molecular complexity index is 2340. The lowest BCUT2D eigenvalue weighted by Gasteiger charge is -2.26. The number of carbonyl (C=O) groups excluding carboxylic acids is 3. The molecule has 7 N–H and O–H groups in total. The molecule has 0 fully saturated rings. The van der Waals surface area contributed by atoms with E-state index in [2.05, 4.69) is 15.4 Å². The molecule has 0 aliphatic heterocycles. The number of nitrogens with two attached hydrogens (primary N) is 1. The van der Waals surface area contributed by atoms with Crippen molar-refractivity contribution in [2.75, 3.05) is 6.16 Å². The first-order valence-corrected chi connectivity index (χ1v) is 22.1. The van der Waals surface area contributed by atoms with Gasteiger partial charge in [-0.1, -0.05) is 130 Å². The minimum Gasteiger partial charge on any atom is -0.508 e. The highest BCUT2D eigenvalue weighted by molar-refractivity contribution is 7.90. The van der Waals surface area contributed by atoms with Crippen molar-refractivity contribution in [3.63, 3.8) is 0 Å². The van der Waals surface area contributed by atoms with Crippen molar-refractivity contribution in [2.24, 2.45) is 5.73 Å². The highest BCUT2D eigenvalue weighted by Gasteiger charge is 2.38. The van der Waals surface area contributed by atoms with Crippen LogP contribution in [0.4, 0.5) is 0 Å². The molecule has 4 unspecified atom stereocenters. The molecule has 0 radical (unpaired) electrons. The predicted molar refractivity (Wildman–Crippen MR) is 225 cm³/mol. The van der Waals surface area contributed by atoms with Crippen molar-refractivity contribution >= 4 is 35.1 Å². The van der Waals surface area contributed by atoms with E-state index < -0.39 is 59.1 Å². The Kier molecular flexibility index (Phi) is 14.1. The maximum absolute atomic E-state index is 14.2. The molecule has 3 amide bonds. The number of amides is 3. The second-order valence-electron chi connectivity index (χ2n) is 15.2. The van der Waals surface area contributed by atoms with E-state index in [1.807, 2.05) is 63.2 Å². The van der Waals surface area contributed by atoms with E-state index in [1.165, 1.54) is 24.3 Å². The summed E-state index contributed by atoms with van der Waals surface area (Å²) in [5.74, 6) is -4.22. The topological polar surface area (TPSA) is 205 Å². The first-order valence-electron chi connectivity index (χ1n) is 18.7. The van der Waals surface area contributed by atoms with Gasteiger partial charge in [-0.15, -0.1) is 0 Å². The SMILES string of the molecule is CC(C)(C)c1ccc(S(=O)(=O)NC(Cc2ccccc2)P(=O)(O)CC(=O)NC(Cc2ccc(-c3ccccc3)cc2)C(=O)NC(Cc2ccc(O)cc2)C(N)=O)cc1. The molecule has 5 rings (SSSR count). The number of hydrogen-bond acceptors (Lipinski definition) is 7. The molecule has 0 aromatic heterocycles. The number of phenolic OH excluding ortho intramolecular Hbond substituents is 1. The van der Waals surface area contributed by atoms with Crippen LogP contribution in [0.15, 0.2) is 138 Å². The number of benzene rings is 5. The summed E-state index contributed by atoms with van der Waals surface area (Å²) in [6, 6.07) is 35.1. The van der Waals surface area contributed by atoms with Gasteiger partial charge in [-0.25, -0.2) is 8.42 Å². The van der Waals surface area contributed by atoms with Gasteiger partial charge in [-0.05, 0) is 69.5 Å². The normalized spacial score (nSPS) is 14.3. The minimum atomic E-state index is -4.71. The lowest BCUT2D eigenvalue weighted by atomic mass is 9.87. The zero-order valence-electron chi connectivity index (χ0n) is 32.5. The van der Waals surface area contributed by atoms with Crippen LogP contribution in [-0.2, 0) is 53.6 Å². The number of nitrogens with one attached hydrogen (secondary N) is 3. The van der Waals surface area contributed by atoms with E-state index in [0.29, 0.717) is 16.7 Å². The molecular formula is C44H49N4O8PS. The fourth-order valence-electron chi connectivity index (χ4n) is 6.31. The second kappa shape index (κ2) is 18.8. The summed E-state index contributed by atoms with van der Waals surface area (Å²) in [6.07, 6.45) is -1.33. The Hall–Kier alpha value is -5.59. The van der Waals surface area contributed by atoms with Crippen LogP contribution in [0.2, 0.25) is 0 Å². The van der Waals surface area contributed by atoms with Gasteiger partial charge in [0, 0.05) is 12.8 Å². The van der Waals surface area contributed by atoms with Gasteiger partial charge in [0.1, 0.15) is 29.8 Å². The van der Waals surface area contributed by atoms with Crippen LogP contribution in [0.3, 0.4) is 0 Å². The summed E-state index contributed by atoms with van der Waals surface area (Å²) >= 11 is 0. The Morgan fingerprint density at radius 2 is 1.17 bits per heavy atom. The molecular weight excluding hydrogens is 776 g/mol. The van der Waals surface area contributed by atoms with Gasteiger partial charge < -0.3 is 26.4 Å². The number of carbonyl (C=O) groups is 3. The van der Waals surface area contributed by atoms with Gasteiger partial charge in [-0.3, -0.25) is 18.9 Å². The number of rotatable bonds is 17. The fourth-order valence-corrected chi connectivity index (χ4v) is 9.68. The third-order valence-corrected chi connectivity index (χ3v) is 13.3. The van der Waals surface area contributed by atoms with E-state index in [0.717, 1.165) is 16.7 Å². The molecule has 0 aliphatic rings. The van der Waals surface area contributed by atoms with Crippen molar-refractivity contribution in [3.8, 4) is 16.9 Å². The van der Waals surface area contributed by atoms with E-state index in [-0.39, 0.29) is 35.3 Å². The third-order valence-electron chi connectivity index (χ3n) is 9.64. The first-order chi connectivity index (χ1) is 27.4. The molecule has 0 aliphatic carbocycles. The first kappa shape index (κ1) is 43.5. The lowest BCUT2D eigenvalue weighted by molar-refractivity contribution is -0.130. The Balaban J connectivity index is 1.39. The number of phenols is 1. The molecule has 14 heteroatoms. The van der Waals surface area contributed by atoms with Crippen LogP contribution in [0.1, 0.15) is 43.0 Å². The fraction of sp³-hybridized carbons (Fsp3) is 0.250. The molecule has 0 heterocycles. The largest absolute Gasteiger partial charge is 0.508 e. The summed E-state index contributed by atoms with van der Waals surface area (Å²) in [4.78, 5) is 51.6. The zero-order valence-corrected chi connectivity index (χ0v) is 34.2. The predicted octanol–water partition coefficient (Wildman–Crippen LogP) is 5.41. The molecule has 5 aromatic carbocycles. The lowest BCUT2D eigenvalue weighted by Crippen LogP contribution is -2.54. The van der Waals surface area contributed by atoms with Crippen LogP contribution in [0.25, 0.3) is 11.1 Å². The van der Waals surface area contributed by atoms with Crippen LogP contribution in [0, 0.1) is 0 Å². The Morgan fingerprint density at radius 3 is 1.72 bits per heavy atom. The van der Waals surface area contributed by atoms with Gasteiger partial charge in [0.05, 0.1) is 4.90 Å². The van der Waals surface area contributed by atoms with E-state index >= 15 is 0 Å². The molecule has 0 bridgehead atoms. The molecule has 304 valence electrons. The Morgan fingerprint density at radius 1 is 0.672 bits per heavy atom. The van der Waals surface area contributed by atoms with E-state index in [1.54, 1.807) is 66.7 Å². The van der Waals surface area contributed by atoms with Crippen molar-refractivity contribution in [2.45, 2.75) is 68.2 Å². The smallest absolute Gasteiger partial charge is 0.243 e. The quantitative estimate of drug-likeness (QED) is 0.0667. The number of aromatic hydroxyl groups is 1. The Labute approximate surface area is 339 Å². The number of primary amides is 1. The molecule has 58 heavy (non-hydrogen) atoms. The summed E-state index contributed by atoms with van der Waals surface area (Å²) < 4.78 is 43.9. The number of sulfonamides is 1. The molecule has 12 nitrogen and oxygen atoms in total. The summed E-state index contributed by atoms with van der Waals surface area (Å²) in [6.45, 7) is 5.96. The average Bonchev–Trinajstić information content (AvgIpc) is 3.18. The summed E-state index contributed by atoms with van der Waals surface area (Å²) in [5, 5.41) is 14.9. The second-order valence-corrected chi connectivity index (χ2v) is 19.4. The monoisotopic (exact) mass is 824 g/mol. The number of hydrogen-bond donors (Lipinski definition) is 6. The molecule has 0 saturated carbocycles. The standard InChI is InChI=1S/C44H49N4O8PS/c1-44(2,3)35-20-24-37(25-21-35)58(55,56)48-41(28-30-10-6-4-7-11-30)57(53,54)29-40(50)46-39(27-31-14-18-34(19-15-31)33-12-8-5-9-13-33)43(52)47-38(42(45)51)26-32-16-22-36(49)23-17-32/h4-25,38-39,41,48-49H,26-29H2,1-3H3,(H2,45,51)(H,46,50)(H,47,52)(H,53,54). The van der Waals surface area contributed by atoms with E-state index in [9.17, 15) is 37.4 Å². The van der Waals surface area contributed by atoms with E-state index in [4.69, 9.17) is 5.73 Å². The van der Waals surface area contributed by atoms with Crippen molar-refractivity contribution in [3.05, 3.63) is 156 Å². The van der Waals surface area contributed by atoms with Gasteiger partial charge >= 0.3 is 0 Å². The van der Waals surface area contributed by atoms with Gasteiger partial charge in [0.2, 0.25) is 35.1 Å². The van der Waals surface area contributed by atoms with Gasteiger partial charge in [0.15, 0.2) is 0 Å². The molecule has 5 aromatic rings. The van der Waals surface area contributed by atoms with Gasteiger partial charge in [-0.2, -0.15) is 4.72 Å². The summed E-state index contributed by atoms with van der Waals surface area (Å²) in [7, 11) is -9.06. The third kappa shape index (κ3) is 12.2. The maximum atomic E-state index is 14.2.